The van der Waals surface area contributed by atoms with Crippen molar-refractivity contribution in [2.45, 2.75) is 49.9 Å². The average Bonchev–Trinajstić information content (AvgIpc) is 3.43. The summed E-state index contributed by atoms with van der Waals surface area (Å²) in [5.74, 6) is 0.148. The number of aromatic nitrogens is 4. The van der Waals surface area contributed by atoms with E-state index in [1.54, 1.807) is 31.4 Å². The maximum Gasteiger partial charge on any atom is 0.262 e. The van der Waals surface area contributed by atoms with Crippen LogP contribution in [0.5, 0.6) is 0 Å². The molecule has 172 valence electrons. The SMILES string of the molecule is CN1CC[C@@](O)(c2cc(-c3cccc(-c4ccnc(N[C@@H]5CCCC[C@@H]5O)n4)n3)no2)C1=O. The number of nitrogens with zero attached hydrogens (tertiary/aromatic N) is 5. The van der Waals surface area contributed by atoms with Gasteiger partial charge in [-0.2, -0.15) is 0 Å². The molecule has 0 unspecified atom stereocenters. The van der Waals surface area contributed by atoms with Gasteiger partial charge in [0.25, 0.3) is 5.91 Å². The van der Waals surface area contributed by atoms with Gasteiger partial charge in [0, 0.05) is 32.3 Å². The summed E-state index contributed by atoms with van der Waals surface area (Å²) >= 11 is 0. The van der Waals surface area contributed by atoms with Gasteiger partial charge in [-0.3, -0.25) is 4.79 Å². The topological polar surface area (TPSA) is 138 Å². The summed E-state index contributed by atoms with van der Waals surface area (Å²) < 4.78 is 5.34. The maximum absolute atomic E-state index is 12.3. The zero-order valence-corrected chi connectivity index (χ0v) is 18.3. The van der Waals surface area contributed by atoms with Crippen LogP contribution in [0.25, 0.3) is 22.8 Å². The predicted octanol–water partition coefficient (Wildman–Crippen LogP) is 1.96. The number of likely N-dealkylation sites (N-methyl/N-ethyl adjacent to an activating group) is 1. The van der Waals surface area contributed by atoms with Crippen LogP contribution in [0.4, 0.5) is 5.95 Å². The Morgan fingerprint density at radius 1 is 1.12 bits per heavy atom. The van der Waals surface area contributed by atoms with Gasteiger partial charge in [0.2, 0.25) is 11.5 Å². The molecule has 0 spiro atoms. The third-order valence-electron chi connectivity index (χ3n) is 6.40. The zero-order chi connectivity index (χ0) is 23.0. The van der Waals surface area contributed by atoms with Crippen molar-refractivity contribution < 1.29 is 19.5 Å². The summed E-state index contributed by atoms with van der Waals surface area (Å²) in [5, 5.41) is 28.3. The third-order valence-corrected chi connectivity index (χ3v) is 6.40. The molecule has 2 aliphatic rings. The van der Waals surface area contributed by atoms with Crippen molar-refractivity contribution in [1.82, 2.24) is 25.0 Å². The van der Waals surface area contributed by atoms with Gasteiger partial charge in [-0.25, -0.2) is 15.0 Å². The molecule has 3 N–H and O–H groups in total. The fourth-order valence-electron chi connectivity index (χ4n) is 4.41. The van der Waals surface area contributed by atoms with E-state index in [0.717, 1.165) is 25.7 Å². The molecule has 3 aromatic rings. The van der Waals surface area contributed by atoms with Gasteiger partial charge in [0.15, 0.2) is 5.76 Å². The van der Waals surface area contributed by atoms with Crippen molar-refractivity contribution in [3.63, 3.8) is 0 Å². The summed E-state index contributed by atoms with van der Waals surface area (Å²) in [7, 11) is 1.64. The summed E-state index contributed by atoms with van der Waals surface area (Å²) in [6.45, 7) is 0.446. The Labute approximate surface area is 190 Å². The van der Waals surface area contributed by atoms with Crippen molar-refractivity contribution in [3.05, 3.63) is 42.3 Å². The first kappa shape index (κ1) is 21.5. The van der Waals surface area contributed by atoms with Gasteiger partial charge in [-0.15, -0.1) is 0 Å². The van der Waals surface area contributed by atoms with E-state index < -0.39 is 17.6 Å². The minimum absolute atomic E-state index is 0.0648. The molecule has 10 heteroatoms. The van der Waals surface area contributed by atoms with Crippen LogP contribution >= 0.6 is 0 Å². The van der Waals surface area contributed by atoms with E-state index in [-0.39, 0.29) is 18.2 Å². The van der Waals surface area contributed by atoms with E-state index in [9.17, 15) is 15.0 Å². The second-order valence-electron chi connectivity index (χ2n) is 8.69. The predicted molar refractivity (Wildman–Crippen MR) is 119 cm³/mol. The summed E-state index contributed by atoms with van der Waals surface area (Å²) in [6, 6.07) is 8.69. The first-order valence-corrected chi connectivity index (χ1v) is 11.1. The van der Waals surface area contributed by atoms with Gasteiger partial charge in [-0.1, -0.05) is 24.1 Å². The van der Waals surface area contributed by atoms with E-state index in [2.05, 4.69) is 25.4 Å². The number of hydrogen-bond donors (Lipinski definition) is 3. The molecule has 0 aromatic carbocycles. The monoisotopic (exact) mass is 450 g/mol. The minimum atomic E-state index is -1.70. The number of nitrogens with one attached hydrogen (secondary N) is 1. The van der Waals surface area contributed by atoms with E-state index in [1.807, 2.05) is 12.1 Å². The fourth-order valence-corrected chi connectivity index (χ4v) is 4.41. The van der Waals surface area contributed by atoms with Crippen molar-refractivity contribution in [2.75, 3.05) is 18.9 Å². The van der Waals surface area contributed by atoms with Gasteiger partial charge >= 0.3 is 0 Å². The first-order valence-electron chi connectivity index (χ1n) is 11.1. The van der Waals surface area contributed by atoms with Gasteiger partial charge in [0.1, 0.15) is 5.69 Å². The molecule has 3 atom stereocenters. The molecular weight excluding hydrogens is 424 g/mol. The molecule has 1 amide bonds. The molecule has 0 radical (unpaired) electrons. The number of likely N-dealkylation sites (tertiary alicyclic amines) is 1. The fraction of sp³-hybridized carbons (Fsp3) is 0.435. The summed E-state index contributed by atoms with van der Waals surface area (Å²) in [5.41, 5.74) is 0.479. The molecule has 10 nitrogen and oxygen atoms in total. The summed E-state index contributed by atoms with van der Waals surface area (Å²) in [6.07, 6.45) is 5.24. The van der Waals surface area contributed by atoms with Crippen LogP contribution in [0.2, 0.25) is 0 Å². The highest BCUT2D eigenvalue weighted by atomic mass is 16.5. The highest BCUT2D eigenvalue weighted by molar-refractivity contribution is 5.87. The molecular formula is C23H26N6O4. The number of amides is 1. The molecule has 2 fully saturated rings. The maximum atomic E-state index is 12.3. The number of carbonyl (C=O) groups is 1. The highest BCUT2D eigenvalue weighted by Gasteiger charge is 2.48. The smallest absolute Gasteiger partial charge is 0.262 e. The van der Waals surface area contributed by atoms with Crippen LogP contribution in [0.3, 0.4) is 0 Å². The van der Waals surface area contributed by atoms with Gasteiger partial charge in [-0.05, 0) is 31.0 Å². The lowest BCUT2D eigenvalue weighted by molar-refractivity contribution is -0.144. The van der Waals surface area contributed by atoms with E-state index in [4.69, 9.17) is 4.52 Å². The van der Waals surface area contributed by atoms with Crippen LogP contribution in [-0.4, -0.2) is 66.9 Å². The number of carbonyl (C=O) groups excluding carboxylic acids is 1. The molecule has 1 saturated heterocycles. The average molecular weight is 450 g/mol. The van der Waals surface area contributed by atoms with Gasteiger partial charge < -0.3 is 25.0 Å². The van der Waals surface area contributed by atoms with Crippen LogP contribution in [0.1, 0.15) is 37.9 Å². The molecule has 33 heavy (non-hydrogen) atoms. The van der Waals surface area contributed by atoms with Crippen LogP contribution in [0.15, 0.2) is 41.1 Å². The third kappa shape index (κ3) is 4.07. The van der Waals surface area contributed by atoms with E-state index in [1.165, 1.54) is 4.90 Å². The van der Waals surface area contributed by atoms with Crippen molar-refractivity contribution in [2.24, 2.45) is 0 Å². The number of hydrogen-bond acceptors (Lipinski definition) is 9. The number of aliphatic hydroxyl groups excluding tert-OH is 1. The number of pyridine rings is 1. The van der Waals surface area contributed by atoms with Crippen LogP contribution in [0, 0.1) is 0 Å². The van der Waals surface area contributed by atoms with E-state index in [0.29, 0.717) is 35.3 Å². The second kappa shape index (κ2) is 8.53. The minimum Gasteiger partial charge on any atom is -0.391 e. The molecule has 1 aliphatic carbocycles. The molecule has 3 aromatic heterocycles. The normalized spacial score (nSPS) is 25.4. The number of rotatable bonds is 5. The Bertz CT molecular complexity index is 1170. The van der Waals surface area contributed by atoms with Crippen molar-refractivity contribution >= 4 is 11.9 Å². The zero-order valence-electron chi connectivity index (χ0n) is 18.3. The Morgan fingerprint density at radius 3 is 2.64 bits per heavy atom. The molecule has 5 rings (SSSR count). The molecule has 1 aliphatic heterocycles. The lowest BCUT2D eigenvalue weighted by Crippen LogP contribution is -2.36. The van der Waals surface area contributed by atoms with E-state index >= 15 is 0 Å². The van der Waals surface area contributed by atoms with Gasteiger partial charge in [0.05, 0.1) is 29.2 Å². The first-order chi connectivity index (χ1) is 15.9. The molecule has 4 heterocycles. The molecule has 1 saturated carbocycles. The lowest BCUT2D eigenvalue weighted by Gasteiger charge is -2.28. The number of aliphatic hydroxyl groups is 2. The Kier molecular flexibility index (Phi) is 5.55. The highest BCUT2D eigenvalue weighted by Crippen LogP contribution is 2.34. The Balaban J connectivity index is 1.38. The van der Waals surface area contributed by atoms with Crippen molar-refractivity contribution in [1.29, 1.82) is 0 Å². The number of anilines is 1. The van der Waals surface area contributed by atoms with Crippen LogP contribution in [-0.2, 0) is 10.4 Å². The largest absolute Gasteiger partial charge is 0.391 e. The standard InChI is InChI=1S/C23H26N6O4/c1-29-12-10-23(32,21(29)31)20-13-18(28-33-20)15-7-4-6-14(25-15)16-9-11-24-22(26-16)27-17-5-2-3-8-19(17)30/h4,6-7,9,11,13,17,19,30,32H,2-3,5,8,10,12H2,1H3,(H,24,26,27)/t17-,19+,23-/m1/s1. The summed E-state index contributed by atoms with van der Waals surface area (Å²) in [4.78, 5) is 27.3. The molecule has 0 bridgehead atoms. The lowest BCUT2D eigenvalue weighted by atomic mass is 9.93. The Morgan fingerprint density at radius 2 is 1.88 bits per heavy atom. The van der Waals surface area contributed by atoms with Crippen molar-refractivity contribution in [3.8, 4) is 22.8 Å². The quantitative estimate of drug-likeness (QED) is 0.532. The Hall–Kier alpha value is -3.37. The second-order valence-corrected chi connectivity index (χ2v) is 8.69. The van der Waals surface area contributed by atoms with Crippen LogP contribution < -0.4 is 5.32 Å².